The lowest BCUT2D eigenvalue weighted by molar-refractivity contribution is 0.0594. The van der Waals surface area contributed by atoms with Gasteiger partial charge in [0.25, 0.3) is 0 Å². The Morgan fingerprint density at radius 3 is 2.59 bits per heavy atom. The van der Waals surface area contributed by atoms with Crippen LogP contribution in [0.5, 0.6) is 5.75 Å². The zero-order valence-electron chi connectivity index (χ0n) is 11.8. The van der Waals surface area contributed by atoms with Crippen LogP contribution in [-0.4, -0.2) is 29.3 Å². The second kappa shape index (κ2) is 7.07. The van der Waals surface area contributed by atoms with Crippen molar-refractivity contribution < 1.29 is 24.2 Å². The van der Waals surface area contributed by atoms with E-state index in [1.807, 2.05) is 18.2 Å². The summed E-state index contributed by atoms with van der Waals surface area (Å²) in [5.74, 6) is -1.15. The van der Waals surface area contributed by atoms with Crippen LogP contribution in [0, 0.1) is 0 Å². The molecule has 0 aliphatic carbocycles. The van der Waals surface area contributed by atoms with Crippen molar-refractivity contribution in [3.63, 3.8) is 0 Å². The van der Waals surface area contributed by atoms with Crippen molar-refractivity contribution in [2.75, 3.05) is 12.4 Å². The summed E-state index contributed by atoms with van der Waals surface area (Å²) >= 11 is 0. The van der Waals surface area contributed by atoms with Gasteiger partial charge in [0.15, 0.2) is 17.3 Å². The van der Waals surface area contributed by atoms with Crippen molar-refractivity contribution in [3.05, 3.63) is 53.7 Å². The summed E-state index contributed by atoms with van der Waals surface area (Å²) in [5.41, 5.74) is 0.775. The van der Waals surface area contributed by atoms with E-state index in [0.717, 1.165) is 5.56 Å². The molecule has 1 amide bonds. The van der Waals surface area contributed by atoms with Gasteiger partial charge >= 0.3 is 12.1 Å². The number of nitrogens with one attached hydrogen (secondary N) is 1. The number of aromatic nitrogens is 1. The maximum atomic E-state index is 11.7. The summed E-state index contributed by atoms with van der Waals surface area (Å²) in [5, 5.41) is 11.9. The topological polar surface area (TPSA) is 97.8 Å². The number of amides is 1. The third-order valence-corrected chi connectivity index (χ3v) is 2.70. The lowest BCUT2D eigenvalue weighted by Crippen LogP contribution is -2.16. The molecule has 0 saturated heterocycles. The first kappa shape index (κ1) is 15.3. The zero-order valence-corrected chi connectivity index (χ0v) is 11.8. The molecule has 0 atom stereocenters. The lowest BCUT2D eigenvalue weighted by atomic mass is 10.2. The molecule has 7 nitrogen and oxygen atoms in total. The SMILES string of the molecule is COC(=O)c1ccc(O)c(NC(=O)OCc2ccccc2)n1. The molecule has 0 saturated carbocycles. The second-order valence-corrected chi connectivity index (χ2v) is 4.24. The number of carbonyl (C=O) groups excluding carboxylic acids is 2. The number of nitrogens with zero attached hydrogens (tertiary/aromatic N) is 1. The van der Waals surface area contributed by atoms with Crippen molar-refractivity contribution in [1.29, 1.82) is 0 Å². The molecule has 1 aromatic heterocycles. The molecule has 22 heavy (non-hydrogen) atoms. The fraction of sp³-hybridized carbons (Fsp3) is 0.133. The van der Waals surface area contributed by atoms with E-state index in [2.05, 4.69) is 15.0 Å². The minimum Gasteiger partial charge on any atom is -0.504 e. The maximum absolute atomic E-state index is 11.7. The molecule has 7 heteroatoms. The zero-order chi connectivity index (χ0) is 15.9. The fourth-order valence-electron chi connectivity index (χ4n) is 1.62. The molecule has 1 aromatic carbocycles. The Kier molecular flexibility index (Phi) is 4.92. The molecule has 2 rings (SSSR count). The standard InChI is InChI=1S/C15H14N2O5/c1-21-14(19)11-7-8-12(18)13(16-11)17-15(20)22-9-10-5-3-2-4-6-10/h2-8,18H,9H2,1H3,(H,16,17,20). The summed E-state index contributed by atoms with van der Waals surface area (Å²) in [7, 11) is 1.21. The van der Waals surface area contributed by atoms with Crippen molar-refractivity contribution in [3.8, 4) is 5.75 Å². The van der Waals surface area contributed by atoms with Crippen LogP contribution in [-0.2, 0) is 16.1 Å². The summed E-state index contributed by atoms with van der Waals surface area (Å²) in [6.07, 6.45) is -0.798. The molecule has 114 valence electrons. The number of hydrogen-bond donors (Lipinski definition) is 2. The average Bonchev–Trinajstić information content (AvgIpc) is 2.55. The first-order valence-electron chi connectivity index (χ1n) is 6.36. The highest BCUT2D eigenvalue weighted by Crippen LogP contribution is 2.21. The maximum Gasteiger partial charge on any atom is 0.413 e. The van der Waals surface area contributed by atoms with Crippen LogP contribution in [0.25, 0.3) is 0 Å². The molecule has 0 bridgehead atoms. The molecule has 0 aliphatic rings. The predicted octanol–water partition coefficient (Wildman–Crippen LogP) is 2.32. The van der Waals surface area contributed by atoms with Gasteiger partial charge in [0, 0.05) is 0 Å². The summed E-state index contributed by atoms with van der Waals surface area (Å²) in [6, 6.07) is 11.6. The van der Waals surface area contributed by atoms with Crippen LogP contribution >= 0.6 is 0 Å². The Morgan fingerprint density at radius 1 is 1.18 bits per heavy atom. The summed E-state index contributed by atoms with van der Waals surface area (Å²) in [4.78, 5) is 26.9. The molecule has 1 heterocycles. The van der Waals surface area contributed by atoms with Crippen molar-refractivity contribution in [2.45, 2.75) is 6.61 Å². The van der Waals surface area contributed by atoms with Gasteiger partial charge < -0.3 is 14.6 Å². The second-order valence-electron chi connectivity index (χ2n) is 4.24. The molecule has 0 spiro atoms. The van der Waals surface area contributed by atoms with Gasteiger partial charge in [0.2, 0.25) is 0 Å². The van der Waals surface area contributed by atoms with Gasteiger partial charge in [-0.05, 0) is 17.7 Å². The fourth-order valence-corrected chi connectivity index (χ4v) is 1.62. The average molecular weight is 302 g/mol. The lowest BCUT2D eigenvalue weighted by Gasteiger charge is -2.08. The number of benzene rings is 1. The van der Waals surface area contributed by atoms with Gasteiger partial charge in [-0.25, -0.2) is 14.6 Å². The highest BCUT2D eigenvalue weighted by molar-refractivity contribution is 5.90. The van der Waals surface area contributed by atoms with Crippen molar-refractivity contribution >= 4 is 17.9 Å². The van der Waals surface area contributed by atoms with Gasteiger partial charge in [-0.3, -0.25) is 5.32 Å². The minimum absolute atomic E-state index is 0.0429. The smallest absolute Gasteiger partial charge is 0.413 e. The molecular weight excluding hydrogens is 288 g/mol. The Morgan fingerprint density at radius 2 is 1.91 bits per heavy atom. The van der Waals surface area contributed by atoms with Crippen LogP contribution < -0.4 is 5.32 Å². The van der Waals surface area contributed by atoms with E-state index < -0.39 is 12.1 Å². The first-order valence-corrected chi connectivity index (χ1v) is 6.36. The van der Waals surface area contributed by atoms with E-state index in [1.165, 1.54) is 19.2 Å². The highest BCUT2D eigenvalue weighted by Gasteiger charge is 2.14. The molecule has 0 fully saturated rings. The third-order valence-electron chi connectivity index (χ3n) is 2.70. The van der Waals surface area contributed by atoms with Gasteiger partial charge in [0.1, 0.15) is 6.61 Å². The quantitative estimate of drug-likeness (QED) is 0.841. The molecule has 0 unspecified atom stereocenters. The Balaban J connectivity index is 2.00. The van der Waals surface area contributed by atoms with Crippen molar-refractivity contribution in [2.24, 2.45) is 0 Å². The number of carbonyl (C=O) groups is 2. The number of methoxy groups -OCH3 is 1. The van der Waals surface area contributed by atoms with E-state index >= 15 is 0 Å². The number of aromatic hydroxyl groups is 1. The number of esters is 1. The summed E-state index contributed by atoms with van der Waals surface area (Å²) < 4.78 is 9.51. The number of hydrogen-bond acceptors (Lipinski definition) is 6. The van der Waals surface area contributed by atoms with Gasteiger partial charge in [-0.1, -0.05) is 30.3 Å². The third kappa shape index (κ3) is 3.95. The van der Waals surface area contributed by atoms with E-state index in [1.54, 1.807) is 12.1 Å². The molecule has 2 aromatic rings. The van der Waals surface area contributed by atoms with Crippen LogP contribution in [0.1, 0.15) is 16.1 Å². The predicted molar refractivity (Wildman–Crippen MR) is 77.5 cm³/mol. The van der Waals surface area contributed by atoms with E-state index in [4.69, 9.17) is 4.74 Å². The normalized spacial score (nSPS) is 9.86. The van der Waals surface area contributed by atoms with Crippen LogP contribution in [0.4, 0.5) is 10.6 Å². The van der Waals surface area contributed by atoms with Crippen molar-refractivity contribution in [1.82, 2.24) is 4.98 Å². The number of pyridine rings is 1. The highest BCUT2D eigenvalue weighted by atomic mass is 16.5. The number of anilines is 1. The van der Waals surface area contributed by atoms with E-state index in [0.29, 0.717) is 0 Å². The molecular formula is C15H14N2O5. The van der Waals surface area contributed by atoms with Gasteiger partial charge in [-0.2, -0.15) is 0 Å². The van der Waals surface area contributed by atoms with E-state index in [-0.39, 0.29) is 23.9 Å². The monoisotopic (exact) mass is 302 g/mol. The van der Waals surface area contributed by atoms with E-state index in [9.17, 15) is 14.7 Å². The number of ether oxygens (including phenoxy) is 2. The Bertz CT molecular complexity index is 673. The molecule has 2 N–H and O–H groups in total. The van der Waals surface area contributed by atoms with Gasteiger partial charge in [0.05, 0.1) is 7.11 Å². The Labute approximate surface area is 126 Å². The number of rotatable bonds is 4. The molecule has 0 aliphatic heterocycles. The van der Waals surface area contributed by atoms with Crippen LogP contribution in [0.3, 0.4) is 0 Å². The Hall–Kier alpha value is -3.09. The summed E-state index contributed by atoms with van der Waals surface area (Å²) in [6.45, 7) is 0.0735. The largest absolute Gasteiger partial charge is 0.504 e. The van der Waals surface area contributed by atoms with Gasteiger partial charge in [-0.15, -0.1) is 0 Å². The minimum atomic E-state index is -0.798. The first-order chi connectivity index (χ1) is 10.6. The van der Waals surface area contributed by atoms with Crippen LogP contribution in [0.2, 0.25) is 0 Å². The molecule has 0 radical (unpaired) electrons. The van der Waals surface area contributed by atoms with Crippen LogP contribution in [0.15, 0.2) is 42.5 Å².